The van der Waals surface area contributed by atoms with Crippen molar-refractivity contribution < 1.29 is 9.53 Å². The molecule has 1 aromatic carbocycles. The number of carbonyl (C=O) groups is 1. The van der Waals surface area contributed by atoms with Crippen molar-refractivity contribution in [3.63, 3.8) is 0 Å². The normalized spacial score (nSPS) is 12.1. The molecule has 4 nitrogen and oxygen atoms in total. The van der Waals surface area contributed by atoms with Crippen molar-refractivity contribution in [1.82, 2.24) is 5.32 Å². The molecule has 16 heavy (non-hydrogen) atoms. The zero-order valence-corrected chi connectivity index (χ0v) is 9.48. The summed E-state index contributed by atoms with van der Waals surface area (Å²) in [5.74, 6) is -0.151. The van der Waals surface area contributed by atoms with Crippen molar-refractivity contribution in [3.8, 4) is 0 Å². The number of carbonyl (C=O) groups excluding carboxylic acids is 1. The van der Waals surface area contributed by atoms with E-state index in [4.69, 9.17) is 10.5 Å². The van der Waals surface area contributed by atoms with Crippen LogP contribution >= 0.6 is 0 Å². The van der Waals surface area contributed by atoms with Crippen LogP contribution in [0.5, 0.6) is 0 Å². The summed E-state index contributed by atoms with van der Waals surface area (Å²) in [6.45, 7) is 1.23. The highest BCUT2D eigenvalue weighted by atomic mass is 16.5. The van der Waals surface area contributed by atoms with Gasteiger partial charge >= 0.3 is 0 Å². The van der Waals surface area contributed by atoms with E-state index in [1.54, 1.807) is 7.11 Å². The highest BCUT2D eigenvalue weighted by Gasteiger charge is 2.14. The van der Waals surface area contributed by atoms with Crippen molar-refractivity contribution in [2.45, 2.75) is 12.5 Å². The largest absolute Gasteiger partial charge is 0.385 e. The SMILES string of the molecule is COCCCNC(=O)C(N)c1ccccc1. The van der Waals surface area contributed by atoms with Gasteiger partial charge in [0.2, 0.25) is 5.91 Å². The molecule has 0 aliphatic heterocycles. The van der Waals surface area contributed by atoms with Gasteiger partial charge in [-0.15, -0.1) is 0 Å². The number of methoxy groups -OCH3 is 1. The van der Waals surface area contributed by atoms with E-state index in [0.717, 1.165) is 12.0 Å². The number of benzene rings is 1. The van der Waals surface area contributed by atoms with Crippen molar-refractivity contribution >= 4 is 5.91 Å². The first kappa shape index (κ1) is 12.7. The molecule has 0 fully saturated rings. The van der Waals surface area contributed by atoms with Crippen LogP contribution < -0.4 is 11.1 Å². The molecule has 1 unspecified atom stereocenters. The minimum absolute atomic E-state index is 0.151. The molecule has 0 aliphatic rings. The summed E-state index contributed by atoms with van der Waals surface area (Å²) < 4.78 is 4.89. The second-order valence-electron chi connectivity index (χ2n) is 3.53. The Morgan fingerprint density at radius 2 is 2.12 bits per heavy atom. The zero-order chi connectivity index (χ0) is 11.8. The van der Waals surface area contributed by atoms with Gasteiger partial charge in [-0.05, 0) is 12.0 Å². The number of hydrogen-bond acceptors (Lipinski definition) is 3. The van der Waals surface area contributed by atoms with Crippen LogP contribution in [0.15, 0.2) is 30.3 Å². The Labute approximate surface area is 95.8 Å². The van der Waals surface area contributed by atoms with Gasteiger partial charge in [-0.25, -0.2) is 0 Å². The minimum atomic E-state index is -0.594. The Hall–Kier alpha value is -1.39. The van der Waals surface area contributed by atoms with Crippen LogP contribution in [0.2, 0.25) is 0 Å². The average molecular weight is 222 g/mol. The van der Waals surface area contributed by atoms with Gasteiger partial charge in [0.25, 0.3) is 0 Å². The summed E-state index contributed by atoms with van der Waals surface area (Å²) >= 11 is 0. The second-order valence-corrected chi connectivity index (χ2v) is 3.53. The summed E-state index contributed by atoms with van der Waals surface area (Å²) in [5.41, 5.74) is 6.64. The molecular formula is C12H18N2O2. The number of rotatable bonds is 6. The number of ether oxygens (including phenoxy) is 1. The van der Waals surface area contributed by atoms with E-state index in [2.05, 4.69) is 5.32 Å². The standard InChI is InChI=1S/C12H18N2O2/c1-16-9-5-8-14-12(15)11(13)10-6-3-2-4-7-10/h2-4,6-7,11H,5,8-9,13H2,1H3,(H,14,15). The van der Waals surface area contributed by atoms with Crippen LogP contribution in [0, 0.1) is 0 Å². The van der Waals surface area contributed by atoms with Gasteiger partial charge in [0, 0.05) is 20.3 Å². The second kappa shape index (κ2) is 6.98. The van der Waals surface area contributed by atoms with Gasteiger partial charge in [0.15, 0.2) is 0 Å². The van der Waals surface area contributed by atoms with Crippen LogP contribution in [-0.4, -0.2) is 26.2 Å². The molecular weight excluding hydrogens is 204 g/mol. The first-order valence-electron chi connectivity index (χ1n) is 5.33. The first-order valence-corrected chi connectivity index (χ1v) is 5.33. The molecule has 4 heteroatoms. The Kier molecular flexibility index (Phi) is 5.53. The Morgan fingerprint density at radius 1 is 1.44 bits per heavy atom. The molecule has 0 heterocycles. The fourth-order valence-corrected chi connectivity index (χ4v) is 1.35. The molecule has 0 aliphatic carbocycles. The van der Waals surface area contributed by atoms with Gasteiger partial charge in [0.05, 0.1) is 0 Å². The lowest BCUT2D eigenvalue weighted by Crippen LogP contribution is -2.34. The quantitative estimate of drug-likeness (QED) is 0.701. The summed E-state index contributed by atoms with van der Waals surface area (Å²) in [5, 5.41) is 2.77. The fraction of sp³-hybridized carbons (Fsp3) is 0.417. The molecule has 0 bridgehead atoms. The van der Waals surface area contributed by atoms with E-state index in [1.165, 1.54) is 0 Å². The average Bonchev–Trinajstić information content (AvgIpc) is 2.34. The molecule has 1 amide bonds. The molecule has 1 rings (SSSR count). The summed E-state index contributed by atoms with van der Waals surface area (Å²) in [6, 6.07) is 8.73. The third-order valence-corrected chi connectivity index (χ3v) is 2.27. The van der Waals surface area contributed by atoms with Gasteiger partial charge in [0.1, 0.15) is 6.04 Å². The maximum Gasteiger partial charge on any atom is 0.241 e. The van der Waals surface area contributed by atoms with Crippen molar-refractivity contribution in [2.24, 2.45) is 5.73 Å². The van der Waals surface area contributed by atoms with Gasteiger partial charge < -0.3 is 15.8 Å². The van der Waals surface area contributed by atoms with Gasteiger partial charge in [-0.2, -0.15) is 0 Å². The predicted molar refractivity (Wildman–Crippen MR) is 62.9 cm³/mol. The van der Waals surface area contributed by atoms with Crippen LogP contribution in [0.1, 0.15) is 18.0 Å². The van der Waals surface area contributed by atoms with Crippen LogP contribution in [-0.2, 0) is 9.53 Å². The molecule has 1 atom stereocenters. The highest BCUT2D eigenvalue weighted by Crippen LogP contribution is 2.08. The monoisotopic (exact) mass is 222 g/mol. The predicted octanol–water partition coefficient (Wildman–Crippen LogP) is 0.839. The fourth-order valence-electron chi connectivity index (χ4n) is 1.35. The van der Waals surface area contributed by atoms with E-state index in [1.807, 2.05) is 30.3 Å². The lowest BCUT2D eigenvalue weighted by atomic mass is 10.1. The number of hydrogen-bond donors (Lipinski definition) is 2. The van der Waals surface area contributed by atoms with E-state index < -0.39 is 6.04 Å². The third-order valence-electron chi connectivity index (χ3n) is 2.27. The van der Waals surface area contributed by atoms with E-state index in [9.17, 15) is 4.79 Å². The molecule has 88 valence electrons. The van der Waals surface area contributed by atoms with E-state index in [0.29, 0.717) is 13.2 Å². The lowest BCUT2D eigenvalue weighted by molar-refractivity contribution is -0.122. The number of amides is 1. The van der Waals surface area contributed by atoms with E-state index in [-0.39, 0.29) is 5.91 Å². The van der Waals surface area contributed by atoms with Crippen LogP contribution in [0.25, 0.3) is 0 Å². The van der Waals surface area contributed by atoms with Gasteiger partial charge in [-0.1, -0.05) is 30.3 Å². The summed E-state index contributed by atoms with van der Waals surface area (Å²) in [6.07, 6.45) is 0.795. The Morgan fingerprint density at radius 3 is 2.75 bits per heavy atom. The highest BCUT2D eigenvalue weighted by molar-refractivity contribution is 5.82. The lowest BCUT2D eigenvalue weighted by Gasteiger charge is -2.12. The van der Waals surface area contributed by atoms with Crippen LogP contribution in [0.3, 0.4) is 0 Å². The zero-order valence-electron chi connectivity index (χ0n) is 9.48. The smallest absolute Gasteiger partial charge is 0.241 e. The summed E-state index contributed by atoms with van der Waals surface area (Å²) in [7, 11) is 1.64. The number of nitrogens with one attached hydrogen (secondary N) is 1. The summed E-state index contributed by atoms with van der Waals surface area (Å²) in [4.78, 5) is 11.6. The van der Waals surface area contributed by atoms with Gasteiger partial charge in [-0.3, -0.25) is 4.79 Å². The molecule has 0 spiro atoms. The van der Waals surface area contributed by atoms with Crippen molar-refractivity contribution in [3.05, 3.63) is 35.9 Å². The Bertz CT molecular complexity index is 314. The molecule has 3 N–H and O–H groups in total. The minimum Gasteiger partial charge on any atom is -0.385 e. The van der Waals surface area contributed by atoms with Crippen molar-refractivity contribution in [1.29, 1.82) is 0 Å². The Balaban J connectivity index is 2.37. The van der Waals surface area contributed by atoms with Crippen LogP contribution in [0.4, 0.5) is 0 Å². The molecule has 0 radical (unpaired) electrons. The van der Waals surface area contributed by atoms with E-state index >= 15 is 0 Å². The maximum atomic E-state index is 11.6. The topological polar surface area (TPSA) is 64.3 Å². The maximum absolute atomic E-state index is 11.6. The molecule has 0 saturated carbocycles. The first-order chi connectivity index (χ1) is 7.75. The number of nitrogens with two attached hydrogens (primary N) is 1. The molecule has 0 aromatic heterocycles. The van der Waals surface area contributed by atoms with Crippen molar-refractivity contribution in [2.75, 3.05) is 20.3 Å². The molecule has 0 saturated heterocycles. The molecule has 1 aromatic rings. The third kappa shape index (κ3) is 4.00.